The van der Waals surface area contributed by atoms with Gasteiger partial charge in [0.15, 0.2) is 0 Å². The molecule has 4 saturated carbocycles. The second-order valence-corrected chi connectivity index (χ2v) is 10.2. The van der Waals surface area contributed by atoms with Crippen molar-refractivity contribution in [2.45, 2.75) is 57.4 Å². The minimum Gasteiger partial charge on any atom is -0.367 e. The van der Waals surface area contributed by atoms with Crippen LogP contribution in [0.25, 0.3) is 0 Å². The Morgan fingerprint density at radius 2 is 1.76 bits per heavy atom. The van der Waals surface area contributed by atoms with Crippen LogP contribution in [-0.4, -0.2) is 36.6 Å². The lowest BCUT2D eigenvalue weighted by molar-refractivity contribution is -0.0503. The highest BCUT2D eigenvalue weighted by Crippen LogP contribution is 2.59. The van der Waals surface area contributed by atoms with Crippen molar-refractivity contribution in [2.75, 3.05) is 25.0 Å². The third kappa shape index (κ3) is 4.52. The molecule has 1 aliphatic heterocycles. The van der Waals surface area contributed by atoms with Crippen molar-refractivity contribution in [3.05, 3.63) is 22.8 Å². The minimum absolute atomic E-state index is 0. The number of carbonyl (C=O) groups excluding carboxylic acids is 1. The summed E-state index contributed by atoms with van der Waals surface area (Å²) in [7, 11) is 0. The molecule has 0 aromatic carbocycles. The number of hydrogen-bond acceptors (Lipinski definition) is 4. The van der Waals surface area contributed by atoms with Crippen molar-refractivity contribution in [1.29, 1.82) is 0 Å². The van der Waals surface area contributed by atoms with Crippen LogP contribution in [0, 0.1) is 23.2 Å². The fourth-order valence-corrected chi connectivity index (χ4v) is 6.93. The molecule has 1 aromatic rings. The molecule has 6 rings (SSSR count). The van der Waals surface area contributed by atoms with Crippen LogP contribution in [0.5, 0.6) is 0 Å². The second-order valence-electron chi connectivity index (χ2n) is 9.82. The van der Waals surface area contributed by atoms with Crippen molar-refractivity contribution in [2.24, 2.45) is 23.2 Å². The summed E-state index contributed by atoms with van der Waals surface area (Å²) in [5.74, 6) is 3.38. The number of aromatic nitrogens is 1. The first kappa shape index (κ1) is 21.2. The Bertz CT molecular complexity index is 715. The molecule has 7 heteroatoms. The molecule has 5 nitrogen and oxygen atoms in total. The summed E-state index contributed by atoms with van der Waals surface area (Å²) in [4.78, 5) is 17.3. The van der Waals surface area contributed by atoms with E-state index in [9.17, 15) is 4.79 Å². The number of hydrogen-bond donors (Lipinski definition) is 3. The molecule has 4 aliphatic carbocycles. The molecule has 1 saturated heterocycles. The van der Waals surface area contributed by atoms with E-state index in [1.807, 2.05) is 6.07 Å². The molecule has 1 aromatic heterocycles. The highest BCUT2D eigenvalue weighted by molar-refractivity contribution is 6.33. The topological polar surface area (TPSA) is 66.1 Å². The van der Waals surface area contributed by atoms with E-state index >= 15 is 0 Å². The Labute approximate surface area is 184 Å². The normalized spacial score (nSPS) is 33.2. The van der Waals surface area contributed by atoms with Gasteiger partial charge in [-0.1, -0.05) is 11.6 Å². The fraction of sp³-hybridized carbons (Fsp3) is 0.727. The third-order valence-electron chi connectivity index (χ3n) is 7.58. The number of pyridine rings is 1. The Kier molecular flexibility index (Phi) is 6.29. The standard InChI is InChI=1S/C22H31ClN4O.ClH/c23-19-12-25-20(27-17-1-3-24-4-2-17)8-18(19)21(28)26-13-22-9-14-5-15(10-22)7-16(6-14)11-22;/h8,12,14-17,24H,1-7,9-11,13H2,(H,25,27)(H,26,28);1H. The molecule has 0 radical (unpaired) electrons. The second kappa shape index (κ2) is 8.60. The van der Waals surface area contributed by atoms with E-state index in [1.165, 1.54) is 38.5 Å². The quantitative estimate of drug-likeness (QED) is 0.641. The number of halogens is 2. The number of piperidine rings is 1. The van der Waals surface area contributed by atoms with Gasteiger partial charge < -0.3 is 16.0 Å². The minimum atomic E-state index is -0.0588. The Hall–Kier alpha value is -1.04. The van der Waals surface area contributed by atoms with Crippen LogP contribution in [0.4, 0.5) is 5.82 Å². The van der Waals surface area contributed by atoms with Gasteiger partial charge in [-0.2, -0.15) is 0 Å². The molecule has 5 aliphatic rings. The zero-order valence-electron chi connectivity index (χ0n) is 16.9. The number of nitrogens with zero attached hydrogens (tertiary/aromatic N) is 1. The predicted molar refractivity (Wildman–Crippen MR) is 119 cm³/mol. The van der Waals surface area contributed by atoms with E-state index in [1.54, 1.807) is 6.20 Å². The summed E-state index contributed by atoms with van der Waals surface area (Å²) in [6.07, 6.45) is 11.9. The van der Waals surface area contributed by atoms with Gasteiger partial charge in [0.1, 0.15) is 5.82 Å². The van der Waals surface area contributed by atoms with E-state index in [2.05, 4.69) is 20.9 Å². The van der Waals surface area contributed by atoms with E-state index < -0.39 is 0 Å². The third-order valence-corrected chi connectivity index (χ3v) is 7.88. The number of amides is 1. The first-order valence-electron chi connectivity index (χ1n) is 11.0. The molecule has 29 heavy (non-hydrogen) atoms. The first-order valence-corrected chi connectivity index (χ1v) is 11.4. The van der Waals surface area contributed by atoms with Crippen molar-refractivity contribution >= 4 is 35.7 Å². The number of anilines is 1. The Morgan fingerprint density at radius 3 is 2.38 bits per heavy atom. The molecule has 4 bridgehead atoms. The van der Waals surface area contributed by atoms with Gasteiger partial charge in [0.05, 0.1) is 10.6 Å². The lowest BCUT2D eigenvalue weighted by atomic mass is 9.49. The average Bonchev–Trinajstić information content (AvgIpc) is 2.67. The van der Waals surface area contributed by atoms with Crippen LogP contribution in [0.15, 0.2) is 12.3 Å². The molecule has 160 valence electrons. The number of rotatable bonds is 5. The lowest BCUT2D eigenvalue weighted by Gasteiger charge is -2.56. The molecular formula is C22H32Cl2N4O. The van der Waals surface area contributed by atoms with E-state index in [4.69, 9.17) is 11.6 Å². The van der Waals surface area contributed by atoms with E-state index in [-0.39, 0.29) is 18.3 Å². The molecule has 0 unspecified atom stereocenters. The molecule has 3 N–H and O–H groups in total. The van der Waals surface area contributed by atoms with Crippen LogP contribution >= 0.6 is 24.0 Å². The highest BCUT2D eigenvalue weighted by Gasteiger charge is 2.50. The first-order chi connectivity index (χ1) is 13.6. The van der Waals surface area contributed by atoms with Crippen LogP contribution in [-0.2, 0) is 0 Å². The zero-order valence-corrected chi connectivity index (χ0v) is 18.5. The van der Waals surface area contributed by atoms with Crippen LogP contribution < -0.4 is 16.0 Å². The van der Waals surface area contributed by atoms with Gasteiger partial charge in [0.2, 0.25) is 0 Å². The molecule has 5 fully saturated rings. The molecular weight excluding hydrogens is 407 g/mol. The summed E-state index contributed by atoms with van der Waals surface area (Å²) in [5, 5.41) is 10.5. The summed E-state index contributed by atoms with van der Waals surface area (Å²) >= 11 is 6.33. The van der Waals surface area contributed by atoms with Gasteiger partial charge in [0.25, 0.3) is 5.91 Å². The Balaban J connectivity index is 0.00000205. The molecule has 0 atom stereocenters. The highest BCUT2D eigenvalue weighted by atomic mass is 35.5. The SMILES string of the molecule is Cl.O=C(NCC12CC3CC(CC(C3)C1)C2)c1cc(NC2CCNCC2)ncc1Cl. The van der Waals surface area contributed by atoms with Gasteiger partial charge >= 0.3 is 0 Å². The monoisotopic (exact) mass is 438 g/mol. The average molecular weight is 439 g/mol. The largest absolute Gasteiger partial charge is 0.367 e. The molecule has 0 spiro atoms. The summed E-state index contributed by atoms with van der Waals surface area (Å²) < 4.78 is 0. The van der Waals surface area contributed by atoms with Crippen LogP contribution in [0.1, 0.15) is 61.7 Å². The van der Waals surface area contributed by atoms with Gasteiger partial charge in [0, 0.05) is 18.8 Å². The van der Waals surface area contributed by atoms with Gasteiger partial charge in [-0.25, -0.2) is 4.98 Å². The Morgan fingerprint density at radius 1 is 1.14 bits per heavy atom. The lowest BCUT2D eigenvalue weighted by Crippen LogP contribution is -2.51. The molecule has 2 heterocycles. The van der Waals surface area contributed by atoms with Gasteiger partial charge in [-0.05, 0) is 93.7 Å². The molecule has 1 amide bonds. The maximum Gasteiger partial charge on any atom is 0.253 e. The fourth-order valence-electron chi connectivity index (χ4n) is 6.74. The maximum atomic E-state index is 12.9. The maximum absolute atomic E-state index is 12.9. The van der Waals surface area contributed by atoms with Gasteiger partial charge in [-0.15, -0.1) is 12.4 Å². The smallest absolute Gasteiger partial charge is 0.253 e. The van der Waals surface area contributed by atoms with Gasteiger partial charge in [-0.3, -0.25) is 4.79 Å². The summed E-state index contributed by atoms with van der Waals surface area (Å²) in [5.41, 5.74) is 0.873. The van der Waals surface area contributed by atoms with Crippen molar-refractivity contribution < 1.29 is 4.79 Å². The summed E-state index contributed by atoms with van der Waals surface area (Å²) in [6, 6.07) is 2.22. The zero-order chi connectivity index (χ0) is 19.1. The number of nitrogens with one attached hydrogen (secondary N) is 3. The predicted octanol–water partition coefficient (Wildman–Crippen LogP) is 4.27. The summed E-state index contributed by atoms with van der Waals surface area (Å²) in [6.45, 7) is 2.83. The van der Waals surface area contributed by atoms with Crippen molar-refractivity contribution in [1.82, 2.24) is 15.6 Å². The van der Waals surface area contributed by atoms with E-state index in [0.29, 0.717) is 22.0 Å². The van der Waals surface area contributed by atoms with Crippen molar-refractivity contribution in [3.8, 4) is 0 Å². The number of carbonyl (C=O) groups is 1. The van der Waals surface area contributed by atoms with E-state index in [0.717, 1.165) is 56.0 Å². The van der Waals surface area contributed by atoms with Crippen LogP contribution in [0.3, 0.4) is 0 Å². The van der Waals surface area contributed by atoms with Crippen molar-refractivity contribution in [3.63, 3.8) is 0 Å². The van der Waals surface area contributed by atoms with Crippen LogP contribution in [0.2, 0.25) is 5.02 Å².